The normalized spacial score (nSPS) is 10.6. The highest BCUT2D eigenvalue weighted by Gasteiger charge is 2.05. The number of rotatable bonds is 3. The summed E-state index contributed by atoms with van der Waals surface area (Å²) in [7, 11) is 0. The molecule has 0 saturated carbocycles. The molecule has 0 atom stereocenters. The van der Waals surface area contributed by atoms with E-state index in [9.17, 15) is 9.90 Å². The average Bonchev–Trinajstić information content (AvgIpc) is 2.45. The number of fused-ring (bicyclic) bond motifs is 1. The summed E-state index contributed by atoms with van der Waals surface area (Å²) in [4.78, 5) is 11.9. The highest BCUT2D eigenvalue weighted by atomic mass is 16.4. The van der Waals surface area contributed by atoms with Gasteiger partial charge in [0.1, 0.15) is 11.3 Å². The lowest BCUT2D eigenvalue weighted by molar-refractivity contribution is 0.475. The first-order valence-electron chi connectivity index (χ1n) is 6.27. The maximum Gasteiger partial charge on any atom is 0.341 e. The third kappa shape index (κ3) is 2.49. The second-order valence-corrected chi connectivity index (χ2v) is 4.50. The van der Waals surface area contributed by atoms with Crippen LogP contribution >= 0.6 is 0 Å². The van der Waals surface area contributed by atoms with Crippen LogP contribution < -0.4 is 10.9 Å². The molecule has 3 rings (SSSR count). The lowest BCUT2D eigenvalue weighted by atomic mass is 10.2. The number of phenolic OH excluding ortho intramolecular Hbond substituents is 1. The van der Waals surface area contributed by atoms with Crippen LogP contribution in [0.3, 0.4) is 0 Å². The molecule has 0 amide bonds. The maximum atomic E-state index is 11.9. The van der Waals surface area contributed by atoms with Crippen molar-refractivity contribution in [1.29, 1.82) is 0 Å². The van der Waals surface area contributed by atoms with Crippen LogP contribution in [0.2, 0.25) is 0 Å². The molecule has 0 saturated heterocycles. The number of phenols is 1. The fourth-order valence-electron chi connectivity index (χ4n) is 2.04. The van der Waals surface area contributed by atoms with Gasteiger partial charge in [0.2, 0.25) is 0 Å². The smallest absolute Gasteiger partial charge is 0.341 e. The van der Waals surface area contributed by atoms with Crippen molar-refractivity contribution >= 4 is 16.7 Å². The van der Waals surface area contributed by atoms with E-state index < -0.39 is 0 Å². The number of aromatic hydroxyl groups is 1. The summed E-state index contributed by atoms with van der Waals surface area (Å²) >= 11 is 0. The Balaban J connectivity index is 1.87. The van der Waals surface area contributed by atoms with Crippen molar-refractivity contribution in [3.8, 4) is 5.75 Å². The van der Waals surface area contributed by atoms with E-state index in [1.807, 2.05) is 30.3 Å². The van der Waals surface area contributed by atoms with Gasteiger partial charge >= 0.3 is 5.63 Å². The molecule has 0 aliphatic heterocycles. The number of para-hydroxylation sites is 1. The Morgan fingerprint density at radius 3 is 2.75 bits per heavy atom. The van der Waals surface area contributed by atoms with E-state index in [0.717, 1.165) is 11.1 Å². The van der Waals surface area contributed by atoms with E-state index in [0.29, 0.717) is 17.7 Å². The van der Waals surface area contributed by atoms with Crippen LogP contribution in [-0.4, -0.2) is 5.11 Å². The van der Waals surface area contributed by atoms with Gasteiger partial charge in [-0.25, -0.2) is 4.79 Å². The van der Waals surface area contributed by atoms with Crippen molar-refractivity contribution in [1.82, 2.24) is 0 Å². The average molecular weight is 267 g/mol. The molecule has 0 spiro atoms. The van der Waals surface area contributed by atoms with Gasteiger partial charge in [-0.2, -0.15) is 0 Å². The van der Waals surface area contributed by atoms with Crippen molar-refractivity contribution in [3.63, 3.8) is 0 Å². The highest BCUT2D eigenvalue weighted by molar-refractivity contribution is 5.76. The molecule has 0 unspecified atom stereocenters. The van der Waals surface area contributed by atoms with Crippen molar-refractivity contribution in [3.05, 3.63) is 70.6 Å². The zero-order valence-electron chi connectivity index (χ0n) is 10.7. The number of hydrogen-bond donors (Lipinski definition) is 2. The summed E-state index contributed by atoms with van der Waals surface area (Å²) in [5.74, 6) is 0.181. The molecule has 0 fully saturated rings. The van der Waals surface area contributed by atoms with Crippen LogP contribution in [0.4, 0.5) is 5.69 Å². The van der Waals surface area contributed by atoms with E-state index in [4.69, 9.17) is 4.42 Å². The monoisotopic (exact) mass is 267 g/mol. The molecular formula is C16H13NO3. The summed E-state index contributed by atoms with van der Waals surface area (Å²) in [6.45, 7) is 0.344. The van der Waals surface area contributed by atoms with Gasteiger partial charge in [-0.15, -0.1) is 0 Å². The number of anilines is 1. The Morgan fingerprint density at radius 1 is 1.05 bits per heavy atom. The molecule has 1 heterocycles. The molecular weight excluding hydrogens is 254 g/mol. The molecule has 2 N–H and O–H groups in total. The van der Waals surface area contributed by atoms with Gasteiger partial charge in [-0.05, 0) is 24.3 Å². The van der Waals surface area contributed by atoms with Gasteiger partial charge in [-0.1, -0.05) is 24.3 Å². The molecule has 20 heavy (non-hydrogen) atoms. The van der Waals surface area contributed by atoms with E-state index in [2.05, 4.69) is 5.32 Å². The van der Waals surface area contributed by atoms with Crippen LogP contribution in [0, 0.1) is 0 Å². The lowest BCUT2D eigenvalue weighted by Gasteiger charge is -2.06. The highest BCUT2D eigenvalue weighted by Crippen LogP contribution is 2.17. The second-order valence-electron chi connectivity index (χ2n) is 4.50. The summed E-state index contributed by atoms with van der Waals surface area (Å²) in [6, 6.07) is 16.0. The van der Waals surface area contributed by atoms with E-state index >= 15 is 0 Å². The molecule has 4 heteroatoms. The van der Waals surface area contributed by atoms with Crippen LogP contribution in [-0.2, 0) is 6.54 Å². The van der Waals surface area contributed by atoms with Crippen LogP contribution in [0.5, 0.6) is 5.75 Å². The minimum Gasteiger partial charge on any atom is -0.508 e. The Hall–Kier alpha value is -2.75. The molecule has 0 radical (unpaired) electrons. The Bertz CT molecular complexity index is 808. The van der Waals surface area contributed by atoms with Crippen molar-refractivity contribution in [2.24, 2.45) is 0 Å². The number of hydrogen-bond acceptors (Lipinski definition) is 4. The van der Waals surface area contributed by atoms with E-state index in [1.165, 1.54) is 0 Å². The summed E-state index contributed by atoms with van der Waals surface area (Å²) in [6.07, 6.45) is 0. The zero-order valence-corrected chi connectivity index (χ0v) is 10.7. The van der Waals surface area contributed by atoms with Crippen molar-refractivity contribution < 1.29 is 9.52 Å². The molecule has 100 valence electrons. The fourth-order valence-corrected chi connectivity index (χ4v) is 2.04. The SMILES string of the molecule is O=c1oc2ccccc2cc1CNc1cccc(O)c1. The zero-order chi connectivity index (χ0) is 13.9. The minimum atomic E-state index is -0.351. The quantitative estimate of drug-likeness (QED) is 0.716. The van der Waals surface area contributed by atoms with Gasteiger partial charge in [-0.3, -0.25) is 0 Å². The molecule has 0 aliphatic rings. The topological polar surface area (TPSA) is 62.5 Å². The lowest BCUT2D eigenvalue weighted by Crippen LogP contribution is -2.11. The predicted molar refractivity (Wildman–Crippen MR) is 77.9 cm³/mol. The first kappa shape index (κ1) is 12.3. The van der Waals surface area contributed by atoms with Crippen LogP contribution in [0.15, 0.2) is 63.8 Å². The van der Waals surface area contributed by atoms with Crippen molar-refractivity contribution in [2.45, 2.75) is 6.54 Å². The molecule has 0 bridgehead atoms. The number of nitrogens with one attached hydrogen (secondary N) is 1. The minimum absolute atomic E-state index is 0.181. The van der Waals surface area contributed by atoms with Gasteiger partial charge in [0, 0.05) is 23.7 Å². The molecule has 0 aliphatic carbocycles. The standard InChI is InChI=1S/C16H13NO3/c18-14-6-3-5-13(9-14)17-10-12-8-11-4-1-2-7-15(11)20-16(12)19/h1-9,17-18H,10H2. The Morgan fingerprint density at radius 2 is 1.90 bits per heavy atom. The van der Waals surface area contributed by atoms with Crippen molar-refractivity contribution in [2.75, 3.05) is 5.32 Å². The van der Waals surface area contributed by atoms with E-state index in [-0.39, 0.29) is 11.4 Å². The first-order valence-corrected chi connectivity index (χ1v) is 6.27. The molecule has 2 aromatic carbocycles. The summed E-state index contributed by atoms with van der Waals surface area (Å²) < 4.78 is 5.26. The number of benzene rings is 2. The van der Waals surface area contributed by atoms with Gasteiger partial charge < -0.3 is 14.8 Å². The van der Waals surface area contributed by atoms with Crippen LogP contribution in [0.25, 0.3) is 11.0 Å². The fraction of sp³-hybridized carbons (Fsp3) is 0.0625. The van der Waals surface area contributed by atoms with E-state index in [1.54, 1.807) is 24.3 Å². The Labute approximate surface area is 115 Å². The molecule has 4 nitrogen and oxygen atoms in total. The Kier molecular flexibility index (Phi) is 3.13. The third-order valence-electron chi connectivity index (χ3n) is 3.04. The maximum absolute atomic E-state index is 11.9. The van der Waals surface area contributed by atoms with Gasteiger partial charge in [0.15, 0.2) is 0 Å². The summed E-state index contributed by atoms with van der Waals surface area (Å²) in [5.41, 5.74) is 1.53. The summed E-state index contributed by atoms with van der Waals surface area (Å²) in [5, 5.41) is 13.4. The first-order chi connectivity index (χ1) is 9.72. The van der Waals surface area contributed by atoms with Crippen LogP contribution in [0.1, 0.15) is 5.56 Å². The predicted octanol–water partition coefficient (Wildman–Crippen LogP) is 3.11. The molecule has 3 aromatic rings. The van der Waals surface area contributed by atoms with Gasteiger partial charge in [0.25, 0.3) is 0 Å². The second kappa shape index (κ2) is 5.09. The third-order valence-corrected chi connectivity index (χ3v) is 3.04. The van der Waals surface area contributed by atoms with Gasteiger partial charge in [0.05, 0.1) is 5.56 Å². The largest absolute Gasteiger partial charge is 0.508 e. The molecule has 1 aromatic heterocycles.